The third-order valence-corrected chi connectivity index (χ3v) is 6.35. The van der Waals surface area contributed by atoms with Gasteiger partial charge in [0.15, 0.2) is 5.84 Å². The number of ether oxygens (including phenoxy) is 2. The summed E-state index contributed by atoms with van der Waals surface area (Å²) in [6.07, 6.45) is 5.84. The van der Waals surface area contributed by atoms with Crippen molar-refractivity contribution in [2.45, 2.75) is 32.1 Å². The van der Waals surface area contributed by atoms with Crippen LogP contribution in [0.4, 0.5) is 0 Å². The maximum atomic E-state index is 5.89. The number of nitrogens with zero attached hydrogens (tertiary/aromatic N) is 3. The molecule has 2 aromatic rings. The average molecular weight is 482 g/mol. The third-order valence-electron chi connectivity index (χ3n) is 6.35. The second-order valence-corrected chi connectivity index (χ2v) is 8.79. The molecule has 0 aliphatic carbocycles. The van der Waals surface area contributed by atoms with E-state index in [0.717, 1.165) is 54.5 Å². The van der Waals surface area contributed by atoms with E-state index in [4.69, 9.17) is 25.8 Å². The maximum absolute atomic E-state index is 5.89. The minimum absolute atomic E-state index is 0.355. The van der Waals surface area contributed by atoms with Gasteiger partial charge in [-0.25, -0.2) is 0 Å². The molecule has 1 aliphatic heterocycles. The molecule has 1 fully saturated rings. The highest BCUT2D eigenvalue weighted by Crippen LogP contribution is 2.22. The van der Waals surface area contributed by atoms with Gasteiger partial charge in [-0.15, -0.1) is 0 Å². The molecule has 0 atom stereocenters. The molecule has 0 bridgehead atoms. The van der Waals surface area contributed by atoms with Gasteiger partial charge in [0.05, 0.1) is 13.2 Å². The summed E-state index contributed by atoms with van der Waals surface area (Å²) in [5.74, 6) is 3.42. The summed E-state index contributed by atoms with van der Waals surface area (Å²) in [4.78, 5) is 11.3. The molecule has 8 nitrogen and oxygen atoms in total. The van der Waals surface area contributed by atoms with Gasteiger partial charge in [-0.1, -0.05) is 5.16 Å². The van der Waals surface area contributed by atoms with Crippen LogP contribution in [0.25, 0.3) is 0 Å². The van der Waals surface area contributed by atoms with E-state index < -0.39 is 0 Å². The molecule has 1 saturated heterocycles. The van der Waals surface area contributed by atoms with Crippen LogP contribution in [0.5, 0.6) is 11.5 Å². The van der Waals surface area contributed by atoms with Crippen LogP contribution in [0.1, 0.15) is 43.2 Å². The van der Waals surface area contributed by atoms with Crippen molar-refractivity contribution in [3.8, 4) is 11.5 Å². The maximum Gasteiger partial charge on any atom is 0.170 e. The lowest BCUT2D eigenvalue weighted by atomic mass is 9.92. The molecular weight excluding hydrogens is 442 g/mol. The fourth-order valence-electron chi connectivity index (χ4n) is 4.26. The van der Waals surface area contributed by atoms with Crippen molar-refractivity contribution in [2.24, 2.45) is 27.5 Å². The normalized spacial score (nSPS) is 15.7. The first-order valence-corrected chi connectivity index (χ1v) is 12.4. The number of benzene rings is 2. The number of oxime groups is 1. The molecule has 3 rings (SSSR count). The largest absolute Gasteiger partial charge is 0.494 e. The van der Waals surface area contributed by atoms with Crippen molar-refractivity contribution >= 4 is 11.7 Å². The molecule has 1 aliphatic rings. The Hall–Kier alpha value is -3.26. The van der Waals surface area contributed by atoms with Gasteiger partial charge in [0.25, 0.3) is 0 Å². The Bertz CT molecular complexity index is 936. The fraction of sp³-hybridized carbons (Fsp3) is 0.481. The Morgan fingerprint density at radius 3 is 1.94 bits per heavy atom. The van der Waals surface area contributed by atoms with E-state index in [9.17, 15) is 0 Å². The number of likely N-dealkylation sites (tertiary alicyclic amines) is 1. The highest BCUT2D eigenvalue weighted by atomic mass is 16.6. The highest BCUT2D eigenvalue weighted by molar-refractivity contribution is 5.97. The molecule has 2 aromatic carbocycles. The lowest BCUT2D eigenvalue weighted by molar-refractivity contribution is 0.161. The highest BCUT2D eigenvalue weighted by Gasteiger charge is 2.18. The molecule has 0 radical (unpaired) electrons. The van der Waals surface area contributed by atoms with Crippen LogP contribution >= 0.6 is 0 Å². The van der Waals surface area contributed by atoms with Crippen molar-refractivity contribution in [2.75, 3.05) is 47.0 Å². The Balaban J connectivity index is 1.24. The SMILES string of the molecule is CN=C(N)c1ccc(OCCCC2CCN(CCCOc3ccc(/C(N)=N\OC)cc3)CC2)cc1. The van der Waals surface area contributed by atoms with E-state index in [1.165, 1.54) is 39.5 Å². The number of piperidine rings is 1. The summed E-state index contributed by atoms with van der Waals surface area (Å²) in [7, 11) is 3.17. The Labute approximate surface area is 208 Å². The van der Waals surface area contributed by atoms with Crippen LogP contribution in [0.2, 0.25) is 0 Å². The zero-order chi connectivity index (χ0) is 24.9. The average Bonchev–Trinajstić information content (AvgIpc) is 2.90. The second kappa shape index (κ2) is 14.2. The molecule has 0 amide bonds. The predicted octanol–water partition coefficient (Wildman–Crippen LogP) is 3.63. The number of hydrogen-bond donors (Lipinski definition) is 2. The summed E-state index contributed by atoms with van der Waals surface area (Å²) < 4.78 is 11.8. The molecule has 0 aromatic heterocycles. The van der Waals surface area contributed by atoms with Crippen LogP contribution in [-0.2, 0) is 4.84 Å². The minimum Gasteiger partial charge on any atom is -0.494 e. The van der Waals surface area contributed by atoms with Gasteiger partial charge in [-0.2, -0.15) is 0 Å². The van der Waals surface area contributed by atoms with Crippen molar-refractivity contribution < 1.29 is 14.3 Å². The molecule has 1 heterocycles. The fourth-order valence-corrected chi connectivity index (χ4v) is 4.26. The van der Waals surface area contributed by atoms with E-state index in [0.29, 0.717) is 18.3 Å². The molecule has 0 saturated carbocycles. The summed E-state index contributed by atoms with van der Waals surface area (Å²) in [5, 5.41) is 3.74. The van der Waals surface area contributed by atoms with Crippen molar-refractivity contribution in [1.82, 2.24) is 4.90 Å². The summed E-state index contributed by atoms with van der Waals surface area (Å²) >= 11 is 0. The van der Waals surface area contributed by atoms with E-state index in [1.54, 1.807) is 7.05 Å². The molecule has 0 unspecified atom stereocenters. The molecular formula is C27H39N5O3. The lowest BCUT2D eigenvalue weighted by Crippen LogP contribution is -2.35. The predicted molar refractivity (Wildman–Crippen MR) is 141 cm³/mol. The lowest BCUT2D eigenvalue weighted by Gasteiger charge is -2.32. The first-order chi connectivity index (χ1) is 17.1. The van der Waals surface area contributed by atoms with Crippen LogP contribution < -0.4 is 20.9 Å². The summed E-state index contributed by atoms with van der Waals surface area (Å²) in [6, 6.07) is 15.4. The monoisotopic (exact) mass is 481 g/mol. The van der Waals surface area contributed by atoms with Gasteiger partial charge < -0.3 is 30.7 Å². The molecule has 190 valence electrons. The van der Waals surface area contributed by atoms with Crippen LogP contribution in [-0.4, -0.2) is 63.6 Å². The number of rotatable bonds is 13. The van der Waals surface area contributed by atoms with Crippen LogP contribution in [0.15, 0.2) is 58.7 Å². The van der Waals surface area contributed by atoms with Crippen LogP contribution in [0.3, 0.4) is 0 Å². The zero-order valence-corrected chi connectivity index (χ0v) is 21.0. The summed E-state index contributed by atoms with van der Waals surface area (Å²) in [5.41, 5.74) is 13.4. The van der Waals surface area contributed by atoms with E-state index in [-0.39, 0.29) is 0 Å². The first-order valence-electron chi connectivity index (χ1n) is 12.4. The zero-order valence-electron chi connectivity index (χ0n) is 21.0. The van der Waals surface area contributed by atoms with Crippen molar-refractivity contribution in [3.05, 3.63) is 59.7 Å². The third kappa shape index (κ3) is 8.79. The number of hydrogen-bond acceptors (Lipinski definition) is 6. The second-order valence-electron chi connectivity index (χ2n) is 8.79. The molecule has 4 N–H and O–H groups in total. The molecule has 8 heteroatoms. The summed E-state index contributed by atoms with van der Waals surface area (Å²) in [6.45, 7) is 4.86. The van der Waals surface area contributed by atoms with Gasteiger partial charge in [0.2, 0.25) is 0 Å². The quantitative estimate of drug-likeness (QED) is 0.196. The van der Waals surface area contributed by atoms with Gasteiger partial charge >= 0.3 is 0 Å². The van der Waals surface area contributed by atoms with Crippen LogP contribution in [0, 0.1) is 5.92 Å². The number of aliphatic imine (C=N–C) groups is 1. The van der Waals surface area contributed by atoms with Gasteiger partial charge in [-0.3, -0.25) is 4.99 Å². The van der Waals surface area contributed by atoms with Gasteiger partial charge in [0.1, 0.15) is 24.4 Å². The van der Waals surface area contributed by atoms with Crippen molar-refractivity contribution in [3.63, 3.8) is 0 Å². The standard InChI is InChI=1S/C27H39N5O3/c1-30-26(28)22-6-10-24(11-7-22)34-19-3-5-21-14-17-32(18-15-21)16-4-20-35-25-12-8-23(9-13-25)27(29)31-33-2/h6-13,21H,3-5,14-20H2,1-2H3,(H2,28,30)(H2,29,31). The number of nitrogens with two attached hydrogens (primary N) is 2. The Morgan fingerprint density at radius 1 is 0.857 bits per heavy atom. The Morgan fingerprint density at radius 2 is 1.40 bits per heavy atom. The number of amidine groups is 2. The first kappa shape index (κ1) is 26.3. The molecule has 0 spiro atoms. The minimum atomic E-state index is 0.355. The molecule has 35 heavy (non-hydrogen) atoms. The van der Waals surface area contributed by atoms with Gasteiger partial charge in [-0.05, 0) is 99.6 Å². The Kier molecular flexibility index (Phi) is 10.7. The van der Waals surface area contributed by atoms with Gasteiger partial charge in [0, 0.05) is 24.7 Å². The smallest absolute Gasteiger partial charge is 0.170 e. The topological polar surface area (TPSA) is 108 Å². The van der Waals surface area contributed by atoms with E-state index in [2.05, 4.69) is 15.0 Å². The van der Waals surface area contributed by atoms with Crippen molar-refractivity contribution in [1.29, 1.82) is 0 Å². The van der Waals surface area contributed by atoms with E-state index in [1.807, 2.05) is 48.5 Å². The van der Waals surface area contributed by atoms with E-state index >= 15 is 0 Å².